The monoisotopic (exact) mass is 434 g/mol. The number of aryl methyl sites for hydroxylation is 2. The first-order valence-electron chi connectivity index (χ1n) is 9.07. The second-order valence-electron chi connectivity index (χ2n) is 6.65. The number of amides is 1. The summed E-state index contributed by atoms with van der Waals surface area (Å²) in [5, 5.41) is 10.5. The van der Waals surface area contributed by atoms with E-state index < -0.39 is 17.8 Å². The summed E-state index contributed by atoms with van der Waals surface area (Å²) in [6, 6.07) is 5.83. The molecule has 30 heavy (non-hydrogen) atoms. The summed E-state index contributed by atoms with van der Waals surface area (Å²) in [5.74, 6) is -0.594. The van der Waals surface area contributed by atoms with Crippen molar-refractivity contribution in [3.05, 3.63) is 58.5 Å². The van der Waals surface area contributed by atoms with Crippen LogP contribution >= 0.6 is 11.3 Å². The first-order chi connectivity index (χ1) is 14.2. The lowest BCUT2D eigenvalue weighted by Gasteiger charge is -2.10. The predicted octanol–water partition coefficient (Wildman–Crippen LogP) is 3.70. The lowest BCUT2D eigenvalue weighted by Crippen LogP contribution is -2.23. The number of nitrogens with zero attached hydrogens (tertiary/aromatic N) is 5. The number of carbonyl (C=O) groups excluding carboxylic acids is 1. The Morgan fingerprint density at radius 2 is 2.07 bits per heavy atom. The minimum Gasteiger partial charge on any atom is -0.346 e. The molecule has 0 atom stereocenters. The second kappa shape index (κ2) is 7.56. The highest BCUT2D eigenvalue weighted by Gasteiger charge is 2.35. The van der Waals surface area contributed by atoms with Gasteiger partial charge in [-0.3, -0.25) is 9.48 Å². The quantitative estimate of drug-likeness (QED) is 0.520. The molecule has 11 heteroatoms. The average Bonchev–Trinajstić information content (AvgIpc) is 3.43. The van der Waals surface area contributed by atoms with Gasteiger partial charge in [0, 0.05) is 36.3 Å². The zero-order chi connectivity index (χ0) is 21.5. The fourth-order valence-electron chi connectivity index (χ4n) is 2.96. The maximum Gasteiger partial charge on any atom is 0.433 e. The van der Waals surface area contributed by atoms with Gasteiger partial charge in [0.25, 0.3) is 5.91 Å². The highest BCUT2D eigenvalue weighted by molar-refractivity contribution is 7.15. The third-order valence-corrected chi connectivity index (χ3v) is 5.68. The van der Waals surface area contributed by atoms with E-state index in [-0.39, 0.29) is 23.6 Å². The molecule has 156 valence electrons. The standard InChI is InChI=1S/C19H17F3N6OS/c1-3-12-4-5-15(30-12)13-6-16(19(20,21)22)28-17(25-13)7-14(26-28)18(29)23-8-11-9-24-27(2)10-11/h4-7,9-10H,3,8H2,1-2H3,(H,23,29). The van der Waals surface area contributed by atoms with Gasteiger partial charge >= 0.3 is 6.18 Å². The van der Waals surface area contributed by atoms with E-state index in [1.807, 2.05) is 13.0 Å². The Bertz CT molecular complexity index is 1220. The van der Waals surface area contributed by atoms with E-state index in [4.69, 9.17) is 0 Å². The van der Waals surface area contributed by atoms with Crippen molar-refractivity contribution in [1.29, 1.82) is 0 Å². The maximum atomic E-state index is 13.7. The number of nitrogens with one attached hydrogen (secondary N) is 1. The first kappa shape index (κ1) is 20.1. The highest BCUT2D eigenvalue weighted by Crippen LogP contribution is 2.34. The number of alkyl halides is 3. The summed E-state index contributed by atoms with van der Waals surface area (Å²) < 4.78 is 43.3. The van der Waals surface area contributed by atoms with Gasteiger partial charge in [-0.25, -0.2) is 9.50 Å². The van der Waals surface area contributed by atoms with Crippen LogP contribution in [0, 0.1) is 0 Å². The van der Waals surface area contributed by atoms with Gasteiger partial charge in [0.15, 0.2) is 17.0 Å². The van der Waals surface area contributed by atoms with Gasteiger partial charge in [0.05, 0.1) is 16.8 Å². The largest absolute Gasteiger partial charge is 0.433 e. The van der Waals surface area contributed by atoms with Crippen molar-refractivity contribution in [3.63, 3.8) is 0 Å². The summed E-state index contributed by atoms with van der Waals surface area (Å²) in [7, 11) is 1.74. The van der Waals surface area contributed by atoms with Gasteiger partial charge in [-0.1, -0.05) is 6.92 Å². The van der Waals surface area contributed by atoms with E-state index in [1.54, 1.807) is 30.2 Å². The minimum absolute atomic E-state index is 0.0437. The van der Waals surface area contributed by atoms with Crippen LogP contribution in [0.25, 0.3) is 16.2 Å². The Hall–Kier alpha value is -3.21. The summed E-state index contributed by atoms with van der Waals surface area (Å²) in [5.41, 5.74) is -0.218. The molecule has 1 N–H and O–H groups in total. The fourth-order valence-corrected chi connectivity index (χ4v) is 3.86. The molecule has 0 fully saturated rings. The topological polar surface area (TPSA) is 77.1 Å². The summed E-state index contributed by atoms with van der Waals surface area (Å²) >= 11 is 1.39. The van der Waals surface area contributed by atoms with Crippen LogP contribution < -0.4 is 5.32 Å². The van der Waals surface area contributed by atoms with Crippen LogP contribution in [-0.4, -0.2) is 30.3 Å². The van der Waals surface area contributed by atoms with Crippen LogP contribution in [0.2, 0.25) is 0 Å². The van der Waals surface area contributed by atoms with E-state index >= 15 is 0 Å². The summed E-state index contributed by atoms with van der Waals surface area (Å²) in [6.45, 7) is 2.15. The van der Waals surface area contributed by atoms with Gasteiger partial charge in [0.1, 0.15) is 0 Å². The Kier molecular flexibility index (Phi) is 5.06. The predicted molar refractivity (Wildman–Crippen MR) is 105 cm³/mol. The molecule has 4 aromatic rings. The molecule has 0 bridgehead atoms. The van der Waals surface area contributed by atoms with E-state index in [1.165, 1.54) is 17.4 Å². The Morgan fingerprint density at radius 1 is 1.27 bits per heavy atom. The number of thiophene rings is 1. The third-order valence-electron chi connectivity index (χ3n) is 4.42. The van der Waals surface area contributed by atoms with Crippen molar-refractivity contribution in [2.75, 3.05) is 0 Å². The van der Waals surface area contributed by atoms with E-state index in [0.29, 0.717) is 9.39 Å². The van der Waals surface area contributed by atoms with Gasteiger partial charge in [0.2, 0.25) is 0 Å². The zero-order valence-electron chi connectivity index (χ0n) is 16.1. The van der Waals surface area contributed by atoms with Crippen molar-refractivity contribution in [2.24, 2.45) is 7.05 Å². The van der Waals surface area contributed by atoms with Gasteiger partial charge in [-0.2, -0.15) is 23.4 Å². The lowest BCUT2D eigenvalue weighted by molar-refractivity contribution is -0.142. The Balaban J connectivity index is 1.70. The number of aromatic nitrogens is 5. The number of rotatable bonds is 5. The van der Waals surface area contributed by atoms with Crippen LogP contribution in [-0.2, 0) is 26.2 Å². The number of halogens is 3. The number of carbonyl (C=O) groups is 1. The molecular weight excluding hydrogens is 417 g/mol. The van der Waals surface area contributed by atoms with Crippen molar-refractivity contribution in [1.82, 2.24) is 29.7 Å². The molecular formula is C19H17F3N6OS. The average molecular weight is 434 g/mol. The number of fused-ring (bicyclic) bond motifs is 1. The van der Waals surface area contributed by atoms with Crippen molar-refractivity contribution < 1.29 is 18.0 Å². The summed E-state index contributed by atoms with van der Waals surface area (Å²) in [6.07, 6.45) is -0.556. The molecule has 0 aliphatic rings. The van der Waals surface area contributed by atoms with Crippen LogP contribution in [0.15, 0.2) is 36.7 Å². The summed E-state index contributed by atoms with van der Waals surface area (Å²) in [4.78, 5) is 18.4. The normalized spacial score (nSPS) is 11.9. The van der Waals surface area contributed by atoms with E-state index in [2.05, 4.69) is 20.5 Å². The number of hydrogen-bond donors (Lipinski definition) is 1. The van der Waals surface area contributed by atoms with Crippen LogP contribution in [0.1, 0.15) is 33.5 Å². The van der Waals surface area contributed by atoms with Gasteiger partial charge in [-0.05, 0) is 24.6 Å². The van der Waals surface area contributed by atoms with E-state index in [0.717, 1.165) is 22.9 Å². The Morgan fingerprint density at radius 3 is 2.70 bits per heavy atom. The molecule has 7 nitrogen and oxygen atoms in total. The molecule has 4 aromatic heterocycles. The molecule has 0 aromatic carbocycles. The SMILES string of the molecule is CCc1ccc(-c2cc(C(F)(F)F)n3nc(C(=O)NCc4cnn(C)c4)cc3n2)s1. The molecule has 0 aliphatic carbocycles. The fraction of sp³-hybridized carbons (Fsp3) is 0.263. The van der Waals surface area contributed by atoms with Crippen molar-refractivity contribution in [2.45, 2.75) is 26.1 Å². The smallest absolute Gasteiger partial charge is 0.346 e. The maximum absolute atomic E-state index is 13.7. The van der Waals surface area contributed by atoms with Crippen molar-refractivity contribution >= 4 is 22.9 Å². The molecule has 0 radical (unpaired) electrons. The van der Waals surface area contributed by atoms with Gasteiger partial charge in [-0.15, -0.1) is 11.3 Å². The molecule has 0 unspecified atom stereocenters. The first-order valence-corrected chi connectivity index (χ1v) is 9.89. The minimum atomic E-state index is -4.66. The molecule has 4 heterocycles. The third kappa shape index (κ3) is 3.92. The molecule has 1 amide bonds. The van der Waals surface area contributed by atoms with Crippen LogP contribution in [0.3, 0.4) is 0 Å². The highest BCUT2D eigenvalue weighted by atomic mass is 32.1. The second-order valence-corrected chi connectivity index (χ2v) is 7.82. The zero-order valence-corrected chi connectivity index (χ0v) is 16.9. The Labute approximate surface area is 173 Å². The number of hydrogen-bond acceptors (Lipinski definition) is 5. The molecule has 0 saturated carbocycles. The van der Waals surface area contributed by atoms with Gasteiger partial charge < -0.3 is 5.32 Å². The van der Waals surface area contributed by atoms with Crippen molar-refractivity contribution in [3.8, 4) is 10.6 Å². The molecule has 4 rings (SSSR count). The lowest BCUT2D eigenvalue weighted by atomic mass is 10.2. The van der Waals surface area contributed by atoms with E-state index in [9.17, 15) is 18.0 Å². The van der Waals surface area contributed by atoms with Crippen LogP contribution in [0.5, 0.6) is 0 Å². The molecule has 0 saturated heterocycles. The molecule has 0 aliphatic heterocycles. The van der Waals surface area contributed by atoms with Crippen LogP contribution in [0.4, 0.5) is 13.2 Å². The molecule has 0 spiro atoms.